The van der Waals surface area contributed by atoms with Gasteiger partial charge >= 0.3 is 0 Å². The number of rotatable bonds is 4. The minimum atomic E-state index is -0.0755. The number of morpholine rings is 1. The fourth-order valence-corrected chi connectivity index (χ4v) is 2.05. The Bertz CT molecular complexity index is 406. The van der Waals surface area contributed by atoms with Crippen molar-refractivity contribution in [3.63, 3.8) is 0 Å². The van der Waals surface area contributed by atoms with Crippen LogP contribution in [0.1, 0.15) is 23.8 Å². The van der Waals surface area contributed by atoms with Crippen molar-refractivity contribution in [2.45, 2.75) is 25.9 Å². The van der Waals surface area contributed by atoms with E-state index in [0.29, 0.717) is 38.5 Å². The number of aromatic nitrogens is 3. The van der Waals surface area contributed by atoms with E-state index in [1.807, 2.05) is 11.8 Å². The van der Waals surface area contributed by atoms with Gasteiger partial charge in [0.2, 0.25) is 0 Å². The first-order chi connectivity index (χ1) is 8.76. The molecule has 100 valence electrons. The Balaban J connectivity index is 2.08. The highest BCUT2D eigenvalue weighted by Crippen LogP contribution is 2.13. The van der Waals surface area contributed by atoms with Gasteiger partial charge in [-0.05, 0) is 6.42 Å². The molecule has 1 amide bonds. The Morgan fingerprint density at radius 1 is 1.67 bits per heavy atom. The van der Waals surface area contributed by atoms with Crippen LogP contribution in [0, 0.1) is 0 Å². The second-order valence-corrected chi connectivity index (χ2v) is 4.29. The maximum atomic E-state index is 12.3. The lowest BCUT2D eigenvalue weighted by Gasteiger charge is -2.34. The molecule has 1 atom stereocenters. The summed E-state index contributed by atoms with van der Waals surface area (Å²) in [7, 11) is 0. The molecule has 2 heterocycles. The number of nitrogens with zero attached hydrogens (tertiary/aromatic N) is 4. The van der Waals surface area contributed by atoms with Gasteiger partial charge in [-0.2, -0.15) is 0 Å². The van der Waals surface area contributed by atoms with Crippen molar-refractivity contribution < 1.29 is 9.53 Å². The van der Waals surface area contributed by atoms with Gasteiger partial charge in [0.25, 0.3) is 5.91 Å². The van der Waals surface area contributed by atoms with E-state index in [9.17, 15) is 4.79 Å². The van der Waals surface area contributed by atoms with Crippen molar-refractivity contribution in [3.8, 4) is 0 Å². The van der Waals surface area contributed by atoms with Crippen LogP contribution in [0.15, 0.2) is 6.20 Å². The summed E-state index contributed by atoms with van der Waals surface area (Å²) >= 11 is 0. The first kappa shape index (κ1) is 13.0. The van der Waals surface area contributed by atoms with E-state index in [1.165, 1.54) is 0 Å². The summed E-state index contributed by atoms with van der Waals surface area (Å²) < 4.78 is 6.97. The molecule has 0 saturated carbocycles. The third kappa shape index (κ3) is 2.68. The largest absolute Gasteiger partial charge is 0.377 e. The SMILES string of the molecule is CCC1COCCN1C(=O)c1cn(CCN)nn1. The Morgan fingerprint density at radius 3 is 3.22 bits per heavy atom. The first-order valence-corrected chi connectivity index (χ1v) is 6.25. The fraction of sp³-hybridized carbons (Fsp3) is 0.727. The number of carbonyl (C=O) groups is 1. The molecule has 2 rings (SSSR count). The van der Waals surface area contributed by atoms with E-state index in [2.05, 4.69) is 10.3 Å². The lowest BCUT2D eigenvalue weighted by Crippen LogP contribution is -2.48. The number of amides is 1. The quantitative estimate of drug-likeness (QED) is 0.781. The van der Waals surface area contributed by atoms with Crippen LogP contribution in [0.4, 0.5) is 0 Å². The summed E-state index contributed by atoms with van der Waals surface area (Å²) in [6.07, 6.45) is 2.53. The van der Waals surface area contributed by atoms with Gasteiger partial charge in [-0.15, -0.1) is 5.10 Å². The van der Waals surface area contributed by atoms with Crippen molar-refractivity contribution in [3.05, 3.63) is 11.9 Å². The monoisotopic (exact) mass is 253 g/mol. The number of ether oxygens (including phenoxy) is 1. The molecule has 0 spiro atoms. The van der Waals surface area contributed by atoms with Gasteiger partial charge in [-0.3, -0.25) is 9.48 Å². The van der Waals surface area contributed by atoms with Gasteiger partial charge in [0.05, 0.1) is 32.0 Å². The van der Waals surface area contributed by atoms with Crippen molar-refractivity contribution in [1.29, 1.82) is 0 Å². The maximum absolute atomic E-state index is 12.3. The van der Waals surface area contributed by atoms with Crippen LogP contribution < -0.4 is 5.73 Å². The highest BCUT2D eigenvalue weighted by molar-refractivity contribution is 5.92. The smallest absolute Gasteiger partial charge is 0.276 e. The third-order valence-corrected chi connectivity index (χ3v) is 3.08. The molecule has 1 aromatic heterocycles. The number of hydrogen-bond donors (Lipinski definition) is 1. The van der Waals surface area contributed by atoms with Crippen LogP contribution in [0.5, 0.6) is 0 Å². The first-order valence-electron chi connectivity index (χ1n) is 6.25. The molecule has 2 N–H and O–H groups in total. The summed E-state index contributed by atoms with van der Waals surface area (Å²) in [6, 6.07) is 0.130. The predicted octanol–water partition coefficient (Wildman–Crippen LogP) is -0.512. The van der Waals surface area contributed by atoms with Gasteiger partial charge in [-0.1, -0.05) is 12.1 Å². The van der Waals surface area contributed by atoms with Crippen molar-refractivity contribution in [2.75, 3.05) is 26.3 Å². The fourth-order valence-electron chi connectivity index (χ4n) is 2.05. The molecule has 7 nitrogen and oxygen atoms in total. The van der Waals surface area contributed by atoms with Crippen LogP contribution in [-0.4, -0.2) is 58.1 Å². The van der Waals surface area contributed by atoms with Crippen LogP contribution in [0.25, 0.3) is 0 Å². The van der Waals surface area contributed by atoms with E-state index in [0.717, 1.165) is 6.42 Å². The van der Waals surface area contributed by atoms with E-state index in [4.69, 9.17) is 10.5 Å². The molecule has 1 saturated heterocycles. The number of carbonyl (C=O) groups excluding carboxylic acids is 1. The lowest BCUT2D eigenvalue weighted by atomic mass is 10.1. The zero-order valence-electron chi connectivity index (χ0n) is 10.6. The van der Waals surface area contributed by atoms with Crippen LogP contribution >= 0.6 is 0 Å². The Kier molecular flexibility index (Phi) is 4.27. The minimum Gasteiger partial charge on any atom is -0.377 e. The normalized spacial score (nSPS) is 20.1. The Hall–Kier alpha value is -1.47. The van der Waals surface area contributed by atoms with Crippen molar-refractivity contribution in [1.82, 2.24) is 19.9 Å². The summed E-state index contributed by atoms with van der Waals surface area (Å²) in [6.45, 7) is 4.89. The Labute approximate surface area is 106 Å². The molecule has 1 aliphatic rings. The average Bonchev–Trinajstić information content (AvgIpc) is 2.87. The van der Waals surface area contributed by atoms with Gasteiger partial charge in [-0.25, -0.2) is 0 Å². The molecule has 1 fully saturated rings. The zero-order chi connectivity index (χ0) is 13.0. The second kappa shape index (κ2) is 5.92. The lowest BCUT2D eigenvalue weighted by molar-refractivity contribution is -0.00311. The van der Waals surface area contributed by atoms with E-state index < -0.39 is 0 Å². The van der Waals surface area contributed by atoms with Gasteiger partial charge < -0.3 is 15.4 Å². The Morgan fingerprint density at radius 2 is 2.50 bits per heavy atom. The molecule has 1 aromatic rings. The van der Waals surface area contributed by atoms with Crippen LogP contribution in [0.2, 0.25) is 0 Å². The molecule has 0 bridgehead atoms. The zero-order valence-corrected chi connectivity index (χ0v) is 10.6. The highest BCUT2D eigenvalue weighted by Gasteiger charge is 2.28. The number of nitrogens with two attached hydrogens (primary N) is 1. The van der Waals surface area contributed by atoms with E-state index >= 15 is 0 Å². The van der Waals surface area contributed by atoms with E-state index in [-0.39, 0.29) is 11.9 Å². The predicted molar refractivity (Wildman–Crippen MR) is 65.0 cm³/mol. The molecular formula is C11H19N5O2. The molecule has 1 aliphatic heterocycles. The van der Waals surface area contributed by atoms with Gasteiger partial charge in [0.15, 0.2) is 5.69 Å². The minimum absolute atomic E-state index is 0.0755. The average molecular weight is 253 g/mol. The molecule has 0 aliphatic carbocycles. The summed E-state index contributed by atoms with van der Waals surface area (Å²) in [5.41, 5.74) is 5.81. The molecule has 1 unspecified atom stereocenters. The highest BCUT2D eigenvalue weighted by atomic mass is 16.5. The van der Waals surface area contributed by atoms with Crippen LogP contribution in [0.3, 0.4) is 0 Å². The molecule has 0 radical (unpaired) electrons. The topological polar surface area (TPSA) is 86.3 Å². The van der Waals surface area contributed by atoms with Gasteiger partial charge in [0.1, 0.15) is 0 Å². The molecule has 0 aromatic carbocycles. The van der Waals surface area contributed by atoms with Crippen molar-refractivity contribution in [2.24, 2.45) is 5.73 Å². The molecule has 7 heteroatoms. The standard InChI is InChI=1S/C11H19N5O2/c1-2-9-8-18-6-5-16(9)11(17)10-7-15(4-3-12)14-13-10/h7,9H,2-6,8,12H2,1H3. The third-order valence-electron chi connectivity index (χ3n) is 3.08. The van der Waals surface area contributed by atoms with Gasteiger partial charge in [0, 0.05) is 13.1 Å². The van der Waals surface area contributed by atoms with Crippen molar-refractivity contribution >= 4 is 5.91 Å². The molecular weight excluding hydrogens is 234 g/mol. The number of hydrogen-bond acceptors (Lipinski definition) is 5. The summed E-state index contributed by atoms with van der Waals surface area (Å²) in [4.78, 5) is 14.1. The van der Waals surface area contributed by atoms with E-state index in [1.54, 1.807) is 10.9 Å². The van der Waals surface area contributed by atoms with Crippen LogP contribution in [-0.2, 0) is 11.3 Å². The second-order valence-electron chi connectivity index (χ2n) is 4.29. The molecule has 18 heavy (non-hydrogen) atoms. The maximum Gasteiger partial charge on any atom is 0.276 e. The summed E-state index contributed by atoms with van der Waals surface area (Å²) in [5.74, 6) is -0.0755. The summed E-state index contributed by atoms with van der Waals surface area (Å²) in [5, 5.41) is 7.78.